The average molecular weight is 421 g/mol. The van der Waals surface area contributed by atoms with Gasteiger partial charge in [-0.15, -0.1) is 0 Å². The summed E-state index contributed by atoms with van der Waals surface area (Å²) in [6.45, 7) is 5.59. The maximum atomic E-state index is 12.7. The Kier molecular flexibility index (Phi) is 6.21. The van der Waals surface area contributed by atoms with Crippen molar-refractivity contribution in [3.05, 3.63) is 60.0 Å². The van der Waals surface area contributed by atoms with E-state index in [2.05, 4.69) is 41.4 Å². The molecule has 2 aromatic carbocycles. The topological polar surface area (TPSA) is 80.5 Å². The summed E-state index contributed by atoms with van der Waals surface area (Å²) < 4.78 is 10.7. The van der Waals surface area contributed by atoms with Crippen LogP contribution in [0.4, 0.5) is 10.5 Å². The Labute approximate surface area is 182 Å². The van der Waals surface area contributed by atoms with Crippen molar-refractivity contribution in [3.8, 4) is 17.1 Å². The van der Waals surface area contributed by atoms with Crippen molar-refractivity contribution in [1.29, 1.82) is 0 Å². The van der Waals surface area contributed by atoms with Crippen molar-refractivity contribution in [2.45, 2.75) is 38.5 Å². The fraction of sp³-hybridized carbons (Fsp3) is 0.375. The van der Waals surface area contributed by atoms with Gasteiger partial charge in [-0.25, -0.2) is 4.79 Å². The Morgan fingerprint density at radius 1 is 1.16 bits per heavy atom. The lowest BCUT2D eigenvalue weighted by atomic mass is 9.98. The highest BCUT2D eigenvalue weighted by Crippen LogP contribution is 2.28. The zero-order chi connectivity index (χ0) is 21.8. The molecule has 4 rings (SSSR count). The molecule has 3 aromatic rings. The van der Waals surface area contributed by atoms with E-state index in [-0.39, 0.29) is 11.9 Å². The highest BCUT2D eigenvalue weighted by atomic mass is 16.5. The van der Waals surface area contributed by atoms with Gasteiger partial charge in [0.1, 0.15) is 5.75 Å². The van der Waals surface area contributed by atoms with E-state index >= 15 is 0 Å². The van der Waals surface area contributed by atoms with Crippen LogP contribution in [0.1, 0.15) is 50.0 Å². The van der Waals surface area contributed by atoms with E-state index in [1.165, 1.54) is 5.56 Å². The number of benzene rings is 2. The third-order valence-corrected chi connectivity index (χ3v) is 5.68. The van der Waals surface area contributed by atoms with E-state index in [0.29, 0.717) is 30.7 Å². The van der Waals surface area contributed by atoms with Gasteiger partial charge >= 0.3 is 6.03 Å². The fourth-order valence-corrected chi connectivity index (χ4v) is 3.78. The van der Waals surface area contributed by atoms with Gasteiger partial charge in [0.15, 0.2) is 0 Å². The van der Waals surface area contributed by atoms with Gasteiger partial charge < -0.3 is 19.5 Å². The number of rotatable bonds is 5. The van der Waals surface area contributed by atoms with Gasteiger partial charge in [-0.1, -0.05) is 43.3 Å². The molecular weight excluding hydrogens is 392 g/mol. The summed E-state index contributed by atoms with van der Waals surface area (Å²) in [5.74, 6) is 2.44. The van der Waals surface area contributed by atoms with Crippen molar-refractivity contribution in [2.75, 3.05) is 25.5 Å². The number of aromatic nitrogens is 2. The summed E-state index contributed by atoms with van der Waals surface area (Å²) in [4.78, 5) is 19.2. The third-order valence-electron chi connectivity index (χ3n) is 5.68. The Morgan fingerprint density at radius 2 is 1.90 bits per heavy atom. The van der Waals surface area contributed by atoms with Gasteiger partial charge in [-0.2, -0.15) is 4.98 Å². The molecule has 1 aromatic heterocycles. The number of ether oxygens (including phenoxy) is 1. The number of piperidine rings is 1. The van der Waals surface area contributed by atoms with Crippen LogP contribution in [0, 0.1) is 0 Å². The standard InChI is InChI=1S/C24H28N4O3/c1-16(2)17-6-8-18(9-7-17)22-26-23(31-27-22)19-5-4-14-28(15-19)24(29)25-20-10-12-21(30-3)13-11-20/h6-13,16,19H,4-5,14-15H2,1-3H3,(H,25,29)/t19-/m1/s1. The van der Waals surface area contributed by atoms with Crippen molar-refractivity contribution >= 4 is 11.7 Å². The molecule has 1 saturated heterocycles. The SMILES string of the molecule is COc1ccc(NC(=O)N2CCC[C@@H](c3nc(-c4ccc(C(C)C)cc4)no3)C2)cc1. The van der Waals surface area contributed by atoms with Crippen LogP contribution in [0.25, 0.3) is 11.4 Å². The smallest absolute Gasteiger partial charge is 0.321 e. The first kappa shape index (κ1) is 20.9. The lowest BCUT2D eigenvalue weighted by molar-refractivity contribution is 0.184. The first-order valence-corrected chi connectivity index (χ1v) is 10.7. The minimum atomic E-state index is -0.126. The van der Waals surface area contributed by atoms with Gasteiger partial charge in [-0.05, 0) is 48.6 Å². The van der Waals surface area contributed by atoms with Crippen molar-refractivity contribution in [3.63, 3.8) is 0 Å². The molecule has 1 atom stereocenters. The van der Waals surface area contributed by atoms with Crippen molar-refractivity contribution < 1.29 is 14.1 Å². The summed E-state index contributed by atoms with van der Waals surface area (Å²) in [7, 11) is 1.62. The van der Waals surface area contributed by atoms with E-state index in [4.69, 9.17) is 9.26 Å². The molecule has 1 N–H and O–H groups in total. The number of methoxy groups -OCH3 is 1. The molecular formula is C24H28N4O3. The average Bonchev–Trinajstić information content (AvgIpc) is 3.30. The van der Waals surface area contributed by atoms with E-state index in [9.17, 15) is 4.79 Å². The van der Waals surface area contributed by atoms with Gasteiger partial charge in [0, 0.05) is 24.3 Å². The molecule has 0 aliphatic carbocycles. The fourth-order valence-electron chi connectivity index (χ4n) is 3.78. The number of carbonyl (C=O) groups excluding carboxylic acids is 1. The van der Waals surface area contributed by atoms with E-state index < -0.39 is 0 Å². The number of hydrogen-bond donors (Lipinski definition) is 1. The summed E-state index contributed by atoms with van der Waals surface area (Å²) in [5, 5.41) is 7.12. The van der Waals surface area contributed by atoms with Gasteiger partial charge in [0.25, 0.3) is 0 Å². The van der Waals surface area contributed by atoms with Gasteiger partial charge in [0.05, 0.1) is 13.0 Å². The monoisotopic (exact) mass is 420 g/mol. The molecule has 0 radical (unpaired) electrons. The molecule has 0 bridgehead atoms. The third kappa shape index (κ3) is 4.87. The van der Waals surface area contributed by atoms with Crippen LogP contribution in [-0.2, 0) is 0 Å². The number of nitrogens with one attached hydrogen (secondary N) is 1. The number of anilines is 1. The van der Waals surface area contributed by atoms with Gasteiger partial charge in [0.2, 0.25) is 11.7 Å². The predicted octanol–water partition coefficient (Wildman–Crippen LogP) is 5.28. The van der Waals surface area contributed by atoms with Crippen LogP contribution >= 0.6 is 0 Å². The van der Waals surface area contributed by atoms with Crippen LogP contribution in [0.3, 0.4) is 0 Å². The zero-order valence-corrected chi connectivity index (χ0v) is 18.2. The van der Waals surface area contributed by atoms with E-state index in [1.54, 1.807) is 12.0 Å². The summed E-state index contributed by atoms with van der Waals surface area (Å²) in [5.41, 5.74) is 2.94. The van der Waals surface area contributed by atoms with Crippen LogP contribution in [0.2, 0.25) is 0 Å². The first-order valence-electron chi connectivity index (χ1n) is 10.7. The number of amides is 2. The molecule has 162 valence electrons. The number of carbonyl (C=O) groups is 1. The Balaban J connectivity index is 1.40. The van der Waals surface area contributed by atoms with Crippen molar-refractivity contribution in [1.82, 2.24) is 15.0 Å². The van der Waals surface area contributed by atoms with Crippen LogP contribution in [0.5, 0.6) is 5.75 Å². The molecule has 1 aliphatic rings. The molecule has 7 heteroatoms. The Bertz CT molecular complexity index is 1010. The summed E-state index contributed by atoms with van der Waals surface area (Å²) in [6, 6.07) is 15.4. The Hall–Kier alpha value is -3.35. The molecule has 2 amide bonds. The number of hydrogen-bond acceptors (Lipinski definition) is 5. The normalized spacial score (nSPS) is 16.4. The maximum Gasteiger partial charge on any atom is 0.321 e. The number of nitrogens with zero attached hydrogens (tertiary/aromatic N) is 3. The summed E-state index contributed by atoms with van der Waals surface area (Å²) in [6.07, 6.45) is 1.81. The second-order valence-corrected chi connectivity index (χ2v) is 8.18. The minimum Gasteiger partial charge on any atom is -0.497 e. The zero-order valence-electron chi connectivity index (χ0n) is 18.2. The molecule has 7 nitrogen and oxygen atoms in total. The van der Waals surface area contributed by atoms with Crippen LogP contribution in [-0.4, -0.2) is 41.3 Å². The highest BCUT2D eigenvalue weighted by Gasteiger charge is 2.29. The Morgan fingerprint density at radius 3 is 2.58 bits per heavy atom. The minimum absolute atomic E-state index is 0.0338. The number of likely N-dealkylation sites (tertiary alicyclic amines) is 1. The highest BCUT2D eigenvalue weighted by molar-refractivity contribution is 5.89. The van der Waals surface area contributed by atoms with E-state index in [0.717, 1.165) is 29.8 Å². The first-order chi connectivity index (χ1) is 15.0. The van der Waals surface area contributed by atoms with Crippen LogP contribution in [0.15, 0.2) is 53.1 Å². The number of urea groups is 1. The second-order valence-electron chi connectivity index (χ2n) is 8.18. The molecule has 1 fully saturated rings. The van der Waals surface area contributed by atoms with Crippen molar-refractivity contribution in [2.24, 2.45) is 0 Å². The summed E-state index contributed by atoms with van der Waals surface area (Å²) >= 11 is 0. The van der Waals surface area contributed by atoms with Gasteiger partial charge in [-0.3, -0.25) is 0 Å². The lowest BCUT2D eigenvalue weighted by Gasteiger charge is -2.31. The maximum absolute atomic E-state index is 12.7. The molecule has 2 heterocycles. The molecule has 0 spiro atoms. The molecule has 1 aliphatic heterocycles. The van der Waals surface area contributed by atoms with E-state index in [1.807, 2.05) is 36.4 Å². The largest absolute Gasteiger partial charge is 0.497 e. The quantitative estimate of drug-likeness (QED) is 0.607. The predicted molar refractivity (Wildman–Crippen MR) is 119 cm³/mol. The lowest BCUT2D eigenvalue weighted by Crippen LogP contribution is -2.41. The molecule has 0 saturated carbocycles. The second kappa shape index (κ2) is 9.20. The van der Waals surface area contributed by atoms with Crippen LogP contribution < -0.4 is 10.1 Å². The molecule has 31 heavy (non-hydrogen) atoms. The molecule has 0 unspecified atom stereocenters.